The Morgan fingerprint density at radius 1 is 0.583 bits per heavy atom. The Bertz CT molecular complexity index is 1250. The third-order valence-corrected chi connectivity index (χ3v) is 24.9. The molecule has 0 N–H and O–H groups in total. The van der Waals surface area contributed by atoms with Crippen molar-refractivity contribution in [2.24, 2.45) is 0 Å². The Morgan fingerprint density at radius 2 is 1.00 bits per heavy atom. The summed E-state index contributed by atoms with van der Waals surface area (Å²) in [7, 11) is 1.70. The maximum atomic E-state index is 6.82. The minimum atomic E-state index is -2.39. The van der Waals surface area contributed by atoms with Gasteiger partial charge in [-0.3, -0.25) is 0 Å². The van der Waals surface area contributed by atoms with Crippen molar-refractivity contribution in [3.8, 4) is 0 Å². The summed E-state index contributed by atoms with van der Waals surface area (Å²) >= 11 is -2.39. The van der Waals surface area contributed by atoms with E-state index in [4.69, 9.17) is 23.7 Å². The molecule has 0 bridgehead atoms. The topological polar surface area (TPSA) is 46.2 Å². The Balaban J connectivity index is 1.64. The van der Waals surface area contributed by atoms with Crippen LogP contribution < -0.4 is 0 Å². The minimum absolute atomic E-state index is 0.330. The number of methoxy groups -OCH3 is 1. The first-order chi connectivity index (χ1) is 23.6. The Kier molecular flexibility index (Phi) is 17.7. The van der Waals surface area contributed by atoms with Gasteiger partial charge in [-0.25, -0.2) is 0 Å². The molecule has 0 aliphatic carbocycles. The fraction of sp³-hybridized carbons (Fsp3) is 0.524. The summed E-state index contributed by atoms with van der Waals surface area (Å²) in [4.78, 5) is 0. The Labute approximate surface area is 295 Å². The molecule has 1 heterocycles. The average molecular weight is 764 g/mol. The normalized spacial score (nSPS) is 21.5. The molecule has 5 nitrogen and oxygen atoms in total. The third kappa shape index (κ3) is 12.4. The SMILES string of the molecule is CCC[CH2][Sn]([CH2]/C=C\[C@H]1O[C@@H](OC)[C@H](OCc2ccccc2)[C@@H](OCc2ccccc2)[C@H]1OCc1ccccc1)([CH2]CCC)[CH2]CCC. The first-order valence-electron chi connectivity index (χ1n) is 18.4. The van der Waals surface area contributed by atoms with Crippen LogP contribution in [0.1, 0.15) is 76.0 Å². The van der Waals surface area contributed by atoms with Gasteiger partial charge >= 0.3 is 291 Å². The van der Waals surface area contributed by atoms with Crippen molar-refractivity contribution in [3.63, 3.8) is 0 Å². The predicted octanol–water partition coefficient (Wildman–Crippen LogP) is 10.5. The van der Waals surface area contributed by atoms with Gasteiger partial charge in [-0.05, 0) is 0 Å². The molecule has 6 heteroatoms. The molecule has 3 aromatic rings. The number of benzene rings is 3. The standard InChI is InChI=1S/C30H33O5.3C4H9.Sn/c1-3-13-26-27(32-20-23-14-7-4-8-15-23)28(33-21-24-16-9-5-10-17-24)29(30(31-2)35-26)34-22-25-18-11-6-12-19-25;3*1-3-4-2;/h3-19,26-30H,1,20-22H2,2H3;3*1,3-4H2,2H3;/b13-3-;;;;/t26-,27+,28+,29-,30-;;;;/m1..../s1. The molecule has 5 atom stereocenters. The second kappa shape index (κ2) is 21.9. The van der Waals surface area contributed by atoms with E-state index >= 15 is 0 Å². The Morgan fingerprint density at radius 3 is 1.42 bits per heavy atom. The van der Waals surface area contributed by atoms with Crippen LogP contribution in [0.5, 0.6) is 0 Å². The van der Waals surface area contributed by atoms with Crippen LogP contribution in [0.25, 0.3) is 0 Å². The molecule has 48 heavy (non-hydrogen) atoms. The first kappa shape index (κ1) is 38.8. The summed E-state index contributed by atoms with van der Waals surface area (Å²) in [5.74, 6) is 0. The van der Waals surface area contributed by atoms with Crippen molar-refractivity contribution < 1.29 is 23.7 Å². The van der Waals surface area contributed by atoms with Crippen LogP contribution in [-0.2, 0) is 43.5 Å². The average Bonchev–Trinajstić information content (AvgIpc) is 3.14. The van der Waals surface area contributed by atoms with Crippen LogP contribution in [0.15, 0.2) is 103 Å². The van der Waals surface area contributed by atoms with Gasteiger partial charge in [-0.1, -0.05) is 6.07 Å². The maximum absolute atomic E-state index is 6.82. The van der Waals surface area contributed by atoms with Crippen molar-refractivity contribution >= 4 is 18.4 Å². The molecule has 262 valence electrons. The number of unbranched alkanes of at least 4 members (excludes halogenated alkanes) is 3. The Hall–Kier alpha value is -2.00. The van der Waals surface area contributed by atoms with E-state index in [0.29, 0.717) is 19.8 Å². The number of allylic oxidation sites excluding steroid dienone is 1. The van der Waals surface area contributed by atoms with Crippen molar-refractivity contribution in [3.05, 3.63) is 120 Å². The fourth-order valence-corrected chi connectivity index (χ4v) is 22.0. The van der Waals surface area contributed by atoms with Gasteiger partial charge in [-0.2, -0.15) is 0 Å². The monoisotopic (exact) mass is 764 g/mol. The predicted molar refractivity (Wildman–Crippen MR) is 200 cm³/mol. The van der Waals surface area contributed by atoms with E-state index in [1.54, 1.807) is 7.11 Å². The third-order valence-electron chi connectivity index (χ3n) is 9.68. The number of hydrogen-bond acceptors (Lipinski definition) is 5. The van der Waals surface area contributed by atoms with Crippen LogP contribution in [0, 0.1) is 0 Å². The molecular formula is C42H60O5Sn. The fourth-order valence-electron chi connectivity index (χ4n) is 6.82. The van der Waals surface area contributed by atoms with Crippen molar-refractivity contribution in [2.45, 2.75) is 128 Å². The zero-order valence-corrected chi connectivity index (χ0v) is 32.8. The quantitative estimate of drug-likeness (QED) is 0.0753. The van der Waals surface area contributed by atoms with E-state index in [-0.39, 0.29) is 12.2 Å². The molecular weight excluding hydrogens is 703 g/mol. The van der Waals surface area contributed by atoms with E-state index in [0.717, 1.165) is 16.7 Å². The summed E-state index contributed by atoms with van der Waals surface area (Å²) in [6.07, 6.45) is 10.5. The molecule has 3 aromatic carbocycles. The second-order valence-corrected chi connectivity index (χ2v) is 27.4. The van der Waals surface area contributed by atoms with Crippen molar-refractivity contribution in [1.82, 2.24) is 0 Å². The summed E-state index contributed by atoms with van der Waals surface area (Å²) in [6.45, 7) is 8.35. The summed E-state index contributed by atoms with van der Waals surface area (Å²) in [6, 6.07) is 30.9. The van der Waals surface area contributed by atoms with Gasteiger partial charge in [0, 0.05) is 0 Å². The molecule has 1 aliphatic heterocycles. The molecule has 0 saturated carbocycles. The van der Waals surface area contributed by atoms with Gasteiger partial charge in [0.1, 0.15) is 0 Å². The molecule has 4 rings (SSSR count). The first-order valence-corrected chi connectivity index (χ1v) is 26.5. The zero-order chi connectivity index (χ0) is 33.9. The molecule has 0 radical (unpaired) electrons. The van der Waals surface area contributed by atoms with E-state index in [2.05, 4.69) is 81.5 Å². The van der Waals surface area contributed by atoms with E-state index in [1.165, 1.54) is 56.3 Å². The molecule has 0 unspecified atom stereocenters. The zero-order valence-electron chi connectivity index (χ0n) is 29.9. The van der Waals surface area contributed by atoms with E-state index in [9.17, 15) is 0 Å². The van der Waals surface area contributed by atoms with Crippen LogP contribution in [0.4, 0.5) is 0 Å². The van der Waals surface area contributed by atoms with E-state index < -0.39 is 36.9 Å². The van der Waals surface area contributed by atoms with Gasteiger partial charge in [0.25, 0.3) is 0 Å². The summed E-state index contributed by atoms with van der Waals surface area (Å²) in [5, 5.41) is 0. The molecule has 0 amide bonds. The summed E-state index contributed by atoms with van der Waals surface area (Å²) in [5.41, 5.74) is 3.31. The van der Waals surface area contributed by atoms with Crippen LogP contribution in [-0.4, -0.2) is 56.2 Å². The van der Waals surface area contributed by atoms with Gasteiger partial charge in [0.15, 0.2) is 0 Å². The number of ether oxygens (including phenoxy) is 5. The van der Waals surface area contributed by atoms with Gasteiger partial charge in [0.2, 0.25) is 0 Å². The van der Waals surface area contributed by atoms with Crippen LogP contribution in [0.2, 0.25) is 17.7 Å². The van der Waals surface area contributed by atoms with E-state index in [1.807, 2.05) is 42.5 Å². The van der Waals surface area contributed by atoms with Crippen LogP contribution in [0.3, 0.4) is 0 Å². The number of hydrogen-bond donors (Lipinski definition) is 0. The van der Waals surface area contributed by atoms with Crippen molar-refractivity contribution in [2.75, 3.05) is 7.11 Å². The van der Waals surface area contributed by atoms with Crippen LogP contribution >= 0.6 is 0 Å². The summed E-state index contributed by atoms with van der Waals surface area (Å²) < 4.78 is 38.7. The molecule has 0 spiro atoms. The second-order valence-electron chi connectivity index (χ2n) is 13.4. The number of rotatable bonds is 22. The molecule has 1 fully saturated rings. The molecule has 1 aliphatic rings. The molecule has 0 aromatic heterocycles. The van der Waals surface area contributed by atoms with Gasteiger partial charge in [-0.15, -0.1) is 0 Å². The van der Waals surface area contributed by atoms with Crippen molar-refractivity contribution in [1.29, 1.82) is 0 Å². The van der Waals surface area contributed by atoms with Gasteiger partial charge in [0.05, 0.1) is 0 Å². The molecule has 1 saturated heterocycles. The van der Waals surface area contributed by atoms with Gasteiger partial charge < -0.3 is 0 Å².